The highest BCUT2D eigenvalue weighted by Crippen LogP contribution is 2.25. The van der Waals surface area contributed by atoms with E-state index in [-0.39, 0.29) is 5.56 Å². The normalized spacial score (nSPS) is 11.8. The van der Waals surface area contributed by atoms with E-state index in [4.69, 9.17) is 10.5 Å². The van der Waals surface area contributed by atoms with Gasteiger partial charge in [-0.15, -0.1) is 0 Å². The molecular formula is C19H16FN3O3. The Morgan fingerprint density at radius 3 is 2.38 bits per heavy atom. The van der Waals surface area contributed by atoms with Crippen molar-refractivity contribution in [2.45, 2.75) is 13.0 Å². The second-order valence-corrected chi connectivity index (χ2v) is 5.63. The van der Waals surface area contributed by atoms with E-state index in [1.807, 2.05) is 30.3 Å². The molecule has 6 nitrogen and oxygen atoms in total. The Morgan fingerprint density at radius 1 is 1.12 bits per heavy atom. The average Bonchev–Trinajstić information content (AvgIpc) is 3.08. The molecule has 1 aromatic heterocycles. The number of benzene rings is 2. The van der Waals surface area contributed by atoms with Crippen molar-refractivity contribution in [1.82, 2.24) is 9.78 Å². The highest BCUT2D eigenvalue weighted by molar-refractivity contribution is 5.97. The molecule has 0 unspecified atom stereocenters. The molecule has 26 heavy (non-hydrogen) atoms. The third-order valence-corrected chi connectivity index (χ3v) is 3.76. The largest absolute Gasteiger partial charge is 0.449 e. The fourth-order valence-electron chi connectivity index (χ4n) is 2.34. The fourth-order valence-corrected chi connectivity index (χ4v) is 2.34. The van der Waals surface area contributed by atoms with Gasteiger partial charge in [0.05, 0.1) is 5.69 Å². The minimum Gasteiger partial charge on any atom is -0.449 e. The van der Waals surface area contributed by atoms with E-state index in [2.05, 4.69) is 5.10 Å². The number of para-hydroxylation sites is 1. The zero-order chi connectivity index (χ0) is 18.7. The predicted octanol–water partition coefficient (Wildman–Crippen LogP) is 2.71. The maximum absolute atomic E-state index is 13.2. The van der Waals surface area contributed by atoms with E-state index < -0.39 is 23.8 Å². The van der Waals surface area contributed by atoms with Gasteiger partial charge in [-0.1, -0.05) is 18.2 Å². The van der Waals surface area contributed by atoms with Gasteiger partial charge in [-0.2, -0.15) is 5.10 Å². The van der Waals surface area contributed by atoms with E-state index in [0.29, 0.717) is 11.3 Å². The number of ether oxygens (including phenoxy) is 1. The number of halogens is 1. The summed E-state index contributed by atoms with van der Waals surface area (Å²) in [6, 6.07) is 14.8. The number of carbonyl (C=O) groups excluding carboxylic acids is 2. The van der Waals surface area contributed by atoms with Gasteiger partial charge in [0.2, 0.25) is 0 Å². The molecule has 0 radical (unpaired) electrons. The molecule has 0 bridgehead atoms. The number of primary amides is 1. The zero-order valence-electron chi connectivity index (χ0n) is 13.9. The molecule has 1 amide bonds. The Morgan fingerprint density at radius 2 is 1.77 bits per heavy atom. The van der Waals surface area contributed by atoms with Gasteiger partial charge in [-0.25, -0.2) is 13.9 Å². The van der Waals surface area contributed by atoms with E-state index >= 15 is 0 Å². The summed E-state index contributed by atoms with van der Waals surface area (Å²) in [6.45, 7) is 1.39. The molecule has 0 fully saturated rings. The van der Waals surface area contributed by atoms with Crippen molar-refractivity contribution in [3.05, 3.63) is 72.2 Å². The molecule has 0 aliphatic carbocycles. The van der Waals surface area contributed by atoms with Crippen molar-refractivity contribution < 1.29 is 18.7 Å². The fraction of sp³-hybridized carbons (Fsp3) is 0.105. The van der Waals surface area contributed by atoms with Crippen LogP contribution in [0.25, 0.3) is 16.9 Å². The maximum Gasteiger partial charge on any atom is 0.342 e. The van der Waals surface area contributed by atoms with E-state index in [9.17, 15) is 14.0 Å². The molecule has 2 aromatic carbocycles. The summed E-state index contributed by atoms with van der Waals surface area (Å²) in [4.78, 5) is 23.7. The lowest BCUT2D eigenvalue weighted by molar-refractivity contribution is -0.125. The number of amides is 1. The van der Waals surface area contributed by atoms with Crippen LogP contribution < -0.4 is 5.73 Å². The highest BCUT2D eigenvalue weighted by Gasteiger charge is 2.23. The molecule has 0 saturated carbocycles. The molecule has 132 valence electrons. The number of rotatable bonds is 5. The van der Waals surface area contributed by atoms with Crippen molar-refractivity contribution in [2.75, 3.05) is 0 Å². The van der Waals surface area contributed by atoms with Crippen LogP contribution in [0.4, 0.5) is 4.39 Å². The van der Waals surface area contributed by atoms with Crippen LogP contribution in [0.5, 0.6) is 0 Å². The first-order valence-corrected chi connectivity index (χ1v) is 7.87. The van der Waals surface area contributed by atoms with Gasteiger partial charge in [0.25, 0.3) is 5.91 Å². The van der Waals surface area contributed by atoms with Crippen LogP contribution in [0.2, 0.25) is 0 Å². The van der Waals surface area contributed by atoms with Gasteiger partial charge >= 0.3 is 5.97 Å². The Balaban J connectivity index is 2.05. The lowest BCUT2D eigenvalue weighted by atomic mass is 10.1. The van der Waals surface area contributed by atoms with Gasteiger partial charge < -0.3 is 10.5 Å². The summed E-state index contributed by atoms with van der Waals surface area (Å²) in [7, 11) is 0. The Kier molecular flexibility index (Phi) is 4.79. The predicted molar refractivity (Wildman–Crippen MR) is 93.0 cm³/mol. The minimum atomic E-state index is -1.08. The summed E-state index contributed by atoms with van der Waals surface area (Å²) in [5.41, 5.74) is 6.88. The van der Waals surface area contributed by atoms with Crippen LogP contribution >= 0.6 is 0 Å². The number of nitrogens with two attached hydrogens (primary N) is 1. The van der Waals surface area contributed by atoms with Crippen molar-refractivity contribution in [1.29, 1.82) is 0 Å². The monoisotopic (exact) mass is 353 g/mol. The third kappa shape index (κ3) is 3.61. The van der Waals surface area contributed by atoms with E-state index in [0.717, 1.165) is 5.69 Å². The van der Waals surface area contributed by atoms with Gasteiger partial charge in [0, 0.05) is 11.8 Å². The SMILES string of the molecule is C[C@H](OC(=O)c1cn(-c2ccccc2)nc1-c1ccc(F)cc1)C(N)=O. The maximum atomic E-state index is 13.2. The average molecular weight is 353 g/mol. The summed E-state index contributed by atoms with van der Waals surface area (Å²) in [5, 5.41) is 4.43. The van der Waals surface area contributed by atoms with Crippen molar-refractivity contribution in [3.63, 3.8) is 0 Å². The quantitative estimate of drug-likeness (QED) is 0.715. The van der Waals surface area contributed by atoms with Crippen LogP contribution in [0.3, 0.4) is 0 Å². The molecule has 3 aromatic rings. The van der Waals surface area contributed by atoms with Crippen LogP contribution in [0, 0.1) is 5.82 Å². The first kappa shape index (κ1) is 17.3. The van der Waals surface area contributed by atoms with Gasteiger partial charge in [0.15, 0.2) is 6.10 Å². The second-order valence-electron chi connectivity index (χ2n) is 5.63. The minimum absolute atomic E-state index is 0.147. The van der Waals surface area contributed by atoms with E-state index in [1.54, 1.807) is 0 Å². The molecule has 0 aliphatic rings. The summed E-state index contributed by atoms with van der Waals surface area (Å²) < 4.78 is 19.8. The zero-order valence-corrected chi connectivity index (χ0v) is 13.9. The Labute approximate surface area is 149 Å². The lowest BCUT2D eigenvalue weighted by Gasteiger charge is -2.09. The molecule has 1 atom stereocenters. The number of aromatic nitrogens is 2. The van der Waals surface area contributed by atoms with Crippen LogP contribution in [-0.4, -0.2) is 27.8 Å². The highest BCUT2D eigenvalue weighted by atomic mass is 19.1. The smallest absolute Gasteiger partial charge is 0.342 e. The van der Waals surface area contributed by atoms with Crippen LogP contribution in [0.1, 0.15) is 17.3 Å². The van der Waals surface area contributed by atoms with Gasteiger partial charge in [-0.05, 0) is 43.3 Å². The molecular weight excluding hydrogens is 337 g/mol. The number of esters is 1. The molecule has 3 rings (SSSR count). The first-order valence-electron chi connectivity index (χ1n) is 7.87. The Hall–Kier alpha value is -3.48. The first-order chi connectivity index (χ1) is 12.5. The van der Waals surface area contributed by atoms with Crippen LogP contribution in [0.15, 0.2) is 60.8 Å². The van der Waals surface area contributed by atoms with Gasteiger partial charge in [0.1, 0.15) is 17.1 Å². The van der Waals surface area contributed by atoms with Gasteiger partial charge in [-0.3, -0.25) is 4.79 Å². The van der Waals surface area contributed by atoms with Crippen molar-refractivity contribution in [2.24, 2.45) is 5.73 Å². The summed E-state index contributed by atoms with van der Waals surface area (Å²) in [6.07, 6.45) is 0.424. The van der Waals surface area contributed by atoms with Crippen molar-refractivity contribution in [3.8, 4) is 16.9 Å². The molecule has 0 aliphatic heterocycles. The van der Waals surface area contributed by atoms with E-state index in [1.165, 1.54) is 42.1 Å². The molecule has 0 spiro atoms. The summed E-state index contributed by atoms with van der Waals surface area (Å²) in [5.74, 6) is -1.89. The third-order valence-electron chi connectivity index (χ3n) is 3.76. The number of nitrogens with zero attached hydrogens (tertiary/aromatic N) is 2. The molecule has 7 heteroatoms. The number of hydrogen-bond acceptors (Lipinski definition) is 4. The standard InChI is InChI=1S/C19H16FN3O3/c1-12(18(21)24)26-19(25)16-11-23(15-5-3-2-4-6-15)22-17(16)13-7-9-14(20)10-8-13/h2-12H,1H3,(H2,21,24)/t12-/m0/s1. The Bertz CT molecular complexity index is 936. The number of hydrogen-bond donors (Lipinski definition) is 1. The molecule has 2 N–H and O–H groups in total. The second kappa shape index (κ2) is 7.18. The summed E-state index contributed by atoms with van der Waals surface area (Å²) >= 11 is 0. The lowest BCUT2D eigenvalue weighted by Crippen LogP contribution is -2.30. The number of carbonyl (C=O) groups is 2. The van der Waals surface area contributed by atoms with Crippen LogP contribution in [-0.2, 0) is 9.53 Å². The van der Waals surface area contributed by atoms with Crippen molar-refractivity contribution >= 4 is 11.9 Å². The molecule has 0 saturated heterocycles. The topological polar surface area (TPSA) is 87.2 Å². The molecule has 1 heterocycles.